The van der Waals surface area contributed by atoms with Gasteiger partial charge in [-0.25, -0.2) is 9.67 Å². The summed E-state index contributed by atoms with van der Waals surface area (Å²) in [4.78, 5) is 33.5. The molecule has 7 nitrogen and oxygen atoms in total. The lowest BCUT2D eigenvalue weighted by Crippen LogP contribution is -2.33. The van der Waals surface area contributed by atoms with Gasteiger partial charge in [0.15, 0.2) is 5.13 Å². The van der Waals surface area contributed by atoms with Crippen LogP contribution >= 0.6 is 11.3 Å². The monoisotopic (exact) mass is 391 g/mol. The second-order valence-corrected chi connectivity index (χ2v) is 7.43. The van der Waals surface area contributed by atoms with E-state index in [1.165, 1.54) is 22.1 Å². The third-order valence-corrected chi connectivity index (χ3v) is 5.24. The Kier molecular flexibility index (Phi) is 4.70. The fraction of sp³-hybridized carbons (Fsp3) is 0.150. The van der Waals surface area contributed by atoms with Crippen molar-refractivity contribution in [1.29, 1.82) is 0 Å². The number of hydrogen-bond acceptors (Lipinski definition) is 6. The van der Waals surface area contributed by atoms with E-state index in [-0.39, 0.29) is 11.5 Å². The molecule has 0 fully saturated rings. The van der Waals surface area contributed by atoms with Gasteiger partial charge in [-0.15, -0.1) is 0 Å². The maximum Gasteiger partial charge on any atom is 0.267 e. The predicted molar refractivity (Wildman–Crippen MR) is 109 cm³/mol. The lowest BCUT2D eigenvalue weighted by atomic mass is 10.2. The summed E-state index contributed by atoms with van der Waals surface area (Å²) in [5.74, 6) is -0.353. The van der Waals surface area contributed by atoms with Crippen LogP contribution in [-0.2, 0) is 4.79 Å². The van der Waals surface area contributed by atoms with Crippen molar-refractivity contribution in [1.82, 2.24) is 19.7 Å². The molecule has 8 heteroatoms. The van der Waals surface area contributed by atoms with Gasteiger partial charge in [0.05, 0.1) is 15.9 Å². The van der Waals surface area contributed by atoms with E-state index in [0.717, 1.165) is 21.3 Å². The van der Waals surface area contributed by atoms with Gasteiger partial charge in [0.2, 0.25) is 0 Å². The maximum absolute atomic E-state index is 12.7. The molecular weight excluding hydrogens is 374 g/mol. The molecule has 4 rings (SSSR count). The van der Waals surface area contributed by atoms with E-state index in [0.29, 0.717) is 10.8 Å². The topological polar surface area (TPSA) is 89.8 Å². The van der Waals surface area contributed by atoms with Crippen LogP contribution < -0.4 is 10.9 Å². The summed E-state index contributed by atoms with van der Waals surface area (Å²) in [6.45, 7) is 3.64. The first-order valence-corrected chi connectivity index (χ1v) is 9.51. The normalized spacial score (nSPS) is 12.1. The number of nitrogens with one attached hydrogen (secondary N) is 1. The molecule has 1 atom stereocenters. The lowest BCUT2D eigenvalue weighted by Gasteiger charge is -2.13. The van der Waals surface area contributed by atoms with Crippen LogP contribution in [-0.4, -0.2) is 25.7 Å². The van der Waals surface area contributed by atoms with Crippen molar-refractivity contribution in [3.8, 4) is 11.3 Å². The summed E-state index contributed by atoms with van der Waals surface area (Å²) >= 11 is 1.40. The van der Waals surface area contributed by atoms with E-state index in [1.807, 2.05) is 31.2 Å². The molecule has 0 saturated carbocycles. The van der Waals surface area contributed by atoms with Gasteiger partial charge in [0.25, 0.3) is 11.5 Å². The number of benzene rings is 1. The molecular formula is C20H17N5O2S. The van der Waals surface area contributed by atoms with Crippen LogP contribution in [0.25, 0.3) is 21.5 Å². The quantitative estimate of drug-likeness (QED) is 0.576. The summed E-state index contributed by atoms with van der Waals surface area (Å²) in [5, 5.41) is 7.63. The van der Waals surface area contributed by atoms with E-state index in [1.54, 1.807) is 31.5 Å². The summed E-state index contributed by atoms with van der Waals surface area (Å²) in [5.41, 5.74) is 2.95. The van der Waals surface area contributed by atoms with E-state index < -0.39 is 6.04 Å². The van der Waals surface area contributed by atoms with Crippen molar-refractivity contribution in [2.75, 3.05) is 5.32 Å². The fourth-order valence-electron chi connectivity index (χ4n) is 2.78. The Morgan fingerprint density at radius 3 is 2.86 bits per heavy atom. The Morgan fingerprint density at radius 1 is 1.21 bits per heavy atom. The number of anilines is 1. The van der Waals surface area contributed by atoms with Crippen molar-refractivity contribution >= 4 is 32.6 Å². The second kappa shape index (κ2) is 7.32. The molecule has 140 valence electrons. The number of amides is 1. The third kappa shape index (κ3) is 3.54. The number of fused-ring (bicyclic) bond motifs is 1. The number of aromatic nitrogens is 4. The van der Waals surface area contributed by atoms with Crippen LogP contribution in [0, 0.1) is 6.92 Å². The molecule has 3 aromatic heterocycles. The second-order valence-electron chi connectivity index (χ2n) is 6.40. The first-order valence-electron chi connectivity index (χ1n) is 8.69. The molecule has 3 heterocycles. The zero-order chi connectivity index (χ0) is 19.7. The average molecular weight is 391 g/mol. The van der Waals surface area contributed by atoms with Gasteiger partial charge in [0.1, 0.15) is 6.04 Å². The molecule has 0 aliphatic heterocycles. The van der Waals surface area contributed by atoms with Crippen LogP contribution in [0.5, 0.6) is 0 Å². The average Bonchev–Trinajstić information content (AvgIpc) is 3.09. The van der Waals surface area contributed by atoms with Crippen LogP contribution in [0.2, 0.25) is 0 Å². The molecule has 1 unspecified atom stereocenters. The largest absolute Gasteiger partial charge is 0.300 e. The highest BCUT2D eigenvalue weighted by atomic mass is 32.1. The first-order chi connectivity index (χ1) is 13.5. The SMILES string of the molecule is Cc1ccc2nc(NC(=O)C(C)n3nc(-c4cccnc4)ccc3=O)sc2c1. The minimum absolute atomic E-state index is 0.352. The van der Waals surface area contributed by atoms with Gasteiger partial charge in [0, 0.05) is 24.0 Å². The van der Waals surface area contributed by atoms with Gasteiger partial charge in [-0.2, -0.15) is 5.10 Å². The summed E-state index contributed by atoms with van der Waals surface area (Å²) in [6.07, 6.45) is 3.32. The molecule has 4 aromatic rings. The zero-order valence-electron chi connectivity index (χ0n) is 15.3. The standard InChI is InChI=1S/C20H17N5O2S/c1-12-5-6-16-17(10-12)28-20(22-16)23-19(27)13(2)25-18(26)8-7-15(24-25)14-4-3-9-21-11-14/h3-11,13H,1-2H3,(H,22,23,27). The maximum atomic E-state index is 12.7. The highest BCUT2D eigenvalue weighted by Gasteiger charge is 2.19. The van der Waals surface area contributed by atoms with E-state index in [2.05, 4.69) is 20.4 Å². The van der Waals surface area contributed by atoms with Gasteiger partial charge < -0.3 is 5.32 Å². The van der Waals surface area contributed by atoms with Gasteiger partial charge in [-0.1, -0.05) is 17.4 Å². The highest BCUT2D eigenvalue weighted by molar-refractivity contribution is 7.22. The van der Waals surface area contributed by atoms with Gasteiger partial charge >= 0.3 is 0 Å². The van der Waals surface area contributed by atoms with Crippen molar-refractivity contribution in [2.24, 2.45) is 0 Å². The Morgan fingerprint density at radius 2 is 2.07 bits per heavy atom. The number of hydrogen-bond donors (Lipinski definition) is 1. The van der Waals surface area contributed by atoms with Crippen molar-refractivity contribution < 1.29 is 4.79 Å². The van der Waals surface area contributed by atoms with Gasteiger partial charge in [-0.05, 0) is 49.7 Å². The minimum Gasteiger partial charge on any atom is -0.300 e. The first kappa shape index (κ1) is 18.0. The number of pyridine rings is 1. The number of nitrogens with zero attached hydrogens (tertiary/aromatic N) is 4. The number of carbonyl (C=O) groups excluding carboxylic acids is 1. The molecule has 0 radical (unpaired) electrons. The molecule has 1 amide bonds. The van der Waals surface area contributed by atoms with Crippen LogP contribution in [0.3, 0.4) is 0 Å². The Labute approximate surface area is 164 Å². The highest BCUT2D eigenvalue weighted by Crippen LogP contribution is 2.27. The van der Waals surface area contributed by atoms with Crippen LogP contribution in [0.4, 0.5) is 5.13 Å². The Bertz CT molecular complexity index is 1220. The van der Waals surface area contributed by atoms with Crippen LogP contribution in [0.1, 0.15) is 18.5 Å². The molecule has 0 aliphatic carbocycles. The third-order valence-electron chi connectivity index (χ3n) is 4.30. The number of thiazole rings is 1. The van der Waals surface area contributed by atoms with E-state index in [9.17, 15) is 9.59 Å². The summed E-state index contributed by atoms with van der Waals surface area (Å²) in [7, 11) is 0. The van der Waals surface area contributed by atoms with Crippen molar-refractivity contribution in [3.05, 3.63) is 70.8 Å². The number of aryl methyl sites for hydroxylation is 1. The summed E-state index contributed by atoms with van der Waals surface area (Å²) < 4.78 is 2.17. The van der Waals surface area contributed by atoms with Crippen molar-refractivity contribution in [3.63, 3.8) is 0 Å². The Balaban J connectivity index is 1.60. The fourth-order valence-corrected chi connectivity index (χ4v) is 3.74. The summed E-state index contributed by atoms with van der Waals surface area (Å²) in [6, 6.07) is 11.8. The molecule has 28 heavy (non-hydrogen) atoms. The number of rotatable bonds is 4. The molecule has 0 aliphatic rings. The Hall–Kier alpha value is -3.39. The van der Waals surface area contributed by atoms with E-state index >= 15 is 0 Å². The molecule has 1 N–H and O–H groups in total. The van der Waals surface area contributed by atoms with Crippen molar-refractivity contribution in [2.45, 2.75) is 19.9 Å². The van der Waals surface area contributed by atoms with Crippen LogP contribution in [0.15, 0.2) is 59.7 Å². The minimum atomic E-state index is -0.794. The number of carbonyl (C=O) groups is 1. The van der Waals surface area contributed by atoms with Gasteiger partial charge in [-0.3, -0.25) is 14.6 Å². The molecule has 0 bridgehead atoms. The predicted octanol–water partition coefficient (Wildman–Crippen LogP) is 3.42. The zero-order valence-corrected chi connectivity index (χ0v) is 16.1. The lowest BCUT2D eigenvalue weighted by molar-refractivity contribution is -0.119. The van der Waals surface area contributed by atoms with E-state index in [4.69, 9.17) is 0 Å². The molecule has 0 spiro atoms. The smallest absolute Gasteiger partial charge is 0.267 e. The molecule has 1 aromatic carbocycles. The molecule has 0 saturated heterocycles.